The molecule has 5 heteroatoms. The summed E-state index contributed by atoms with van der Waals surface area (Å²) >= 11 is 0. The number of ether oxygens (including phenoxy) is 2. The monoisotopic (exact) mass is 249 g/mol. The van der Waals surface area contributed by atoms with Gasteiger partial charge in [-0.25, -0.2) is 0 Å². The number of hydrogen-bond acceptors (Lipinski definition) is 5. The molecule has 3 heterocycles. The number of hydrogen-bond donors (Lipinski definition) is 0. The van der Waals surface area contributed by atoms with E-state index in [9.17, 15) is 0 Å². The third-order valence-electron chi connectivity index (χ3n) is 3.32. The van der Waals surface area contributed by atoms with E-state index in [1.807, 2.05) is 13.1 Å². The maximum Gasteiger partial charge on any atom is 0.373 e. The quantitative estimate of drug-likeness (QED) is 0.694. The third kappa shape index (κ3) is 2.34. The lowest BCUT2D eigenvalue weighted by Crippen LogP contribution is -2.35. The minimum Gasteiger partial charge on any atom is -0.378 e. The van der Waals surface area contributed by atoms with Gasteiger partial charge in [0.2, 0.25) is 0 Å². The minimum atomic E-state index is -0.165. The Labute approximate surface area is 105 Å². The molecule has 0 amide bonds. The van der Waals surface area contributed by atoms with Crippen LogP contribution < -0.4 is 0 Å². The molecule has 0 aromatic carbocycles. The molecule has 0 aliphatic carbocycles. The van der Waals surface area contributed by atoms with E-state index in [0.717, 1.165) is 25.1 Å². The first-order valence-corrected chi connectivity index (χ1v) is 5.89. The molecule has 0 saturated carbocycles. The second-order valence-corrected chi connectivity index (χ2v) is 4.51. The summed E-state index contributed by atoms with van der Waals surface area (Å²) in [5.74, 6) is 0. The van der Waals surface area contributed by atoms with Crippen LogP contribution in [0, 0.1) is 6.92 Å². The SMILES string of the molecule is Cc1cc2c(cn1)COC21CCCOC1.O=C=O. The van der Waals surface area contributed by atoms with Crippen LogP contribution in [0.15, 0.2) is 12.3 Å². The van der Waals surface area contributed by atoms with Gasteiger partial charge in [-0.15, -0.1) is 0 Å². The number of nitrogens with zero attached hydrogens (tertiary/aromatic N) is 1. The molecule has 1 aromatic rings. The highest BCUT2D eigenvalue weighted by Crippen LogP contribution is 2.42. The summed E-state index contributed by atoms with van der Waals surface area (Å²) in [6, 6.07) is 2.15. The summed E-state index contributed by atoms with van der Waals surface area (Å²) in [5, 5.41) is 0. The van der Waals surface area contributed by atoms with Gasteiger partial charge in [-0.05, 0) is 31.4 Å². The highest BCUT2D eigenvalue weighted by molar-refractivity contribution is 5.35. The zero-order valence-corrected chi connectivity index (χ0v) is 10.3. The molecule has 1 atom stereocenters. The highest BCUT2D eigenvalue weighted by Gasteiger charge is 2.41. The normalized spacial score (nSPS) is 24.9. The van der Waals surface area contributed by atoms with Gasteiger partial charge in [0.05, 0.1) is 13.2 Å². The van der Waals surface area contributed by atoms with Crippen molar-refractivity contribution >= 4 is 6.15 Å². The molecule has 1 saturated heterocycles. The predicted molar refractivity (Wildman–Crippen MR) is 60.5 cm³/mol. The van der Waals surface area contributed by atoms with Crippen LogP contribution in [-0.4, -0.2) is 24.3 Å². The van der Waals surface area contributed by atoms with Crippen molar-refractivity contribution in [1.29, 1.82) is 0 Å². The summed E-state index contributed by atoms with van der Waals surface area (Å²) in [6.07, 6.45) is 4.35. The van der Waals surface area contributed by atoms with Crippen molar-refractivity contribution in [2.45, 2.75) is 32.0 Å². The van der Waals surface area contributed by atoms with Gasteiger partial charge >= 0.3 is 6.15 Å². The first-order valence-electron chi connectivity index (χ1n) is 5.89. The van der Waals surface area contributed by atoms with Crippen molar-refractivity contribution in [2.24, 2.45) is 0 Å². The molecule has 1 spiro atoms. The first-order chi connectivity index (χ1) is 8.72. The number of fused-ring (bicyclic) bond motifs is 2. The Hall–Kier alpha value is -1.55. The number of carbonyl (C=O) groups excluding carboxylic acids is 2. The summed E-state index contributed by atoms with van der Waals surface area (Å²) in [6.45, 7) is 4.27. The molecule has 1 fully saturated rings. The number of aryl methyl sites for hydroxylation is 1. The molecular formula is C13H15NO4. The lowest BCUT2D eigenvalue weighted by atomic mass is 9.88. The first kappa shape index (κ1) is 12.9. The van der Waals surface area contributed by atoms with Crippen LogP contribution in [-0.2, 0) is 31.3 Å². The van der Waals surface area contributed by atoms with E-state index < -0.39 is 0 Å². The van der Waals surface area contributed by atoms with Gasteiger partial charge in [0.25, 0.3) is 0 Å². The molecule has 0 N–H and O–H groups in total. The van der Waals surface area contributed by atoms with Gasteiger partial charge < -0.3 is 9.47 Å². The summed E-state index contributed by atoms with van der Waals surface area (Å²) in [5.41, 5.74) is 3.42. The van der Waals surface area contributed by atoms with E-state index in [1.54, 1.807) is 0 Å². The summed E-state index contributed by atoms with van der Waals surface area (Å²) in [4.78, 5) is 20.6. The topological polar surface area (TPSA) is 65.5 Å². The number of rotatable bonds is 0. The van der Waals surface area contributed by atoms with E-state index in [1.165, 1.54) is 11.1 Å². The van der Waals surface area contributed by atoms with Crippen LogP contribution in [0.4, 0.5) is 0 Å². The zero-order valence-electron chi connectivity index (χ0n) is 10.3. The highest BCUT2D eigenvalue weighted by atomic mass is 16.5. The van der Waals surface area contributed by atoms with Crippen molar-refractivity contribution < 1.29 is 19.1 Å². The van der Waals surface area contributed by atoms with Gasteiger partial charge in [0.1, 0.15) is 5.60 Å². The molecule has 2 aliphatic heterocycles. The van der Waals surface area contributed by atoms with Gasteiger partial charge in [0.15, 0.2) is 0 Å². The van der Waals surface area contributed by atoms with Crippen molar-refractivity contribution in [3.8, 4) is 0 Å². The Kier molecular flexibility index (Phi) is 3.87. The van der Waals surface area contributed by atoms with E-state index in [2.05, 4.69) is 11.1 Å². The average Bonchev–Trinajstić information content (AvgIpc) is 2.70. The van der Waals surface area contributed by atoms with Crippen LogP contribution in [0.3, 0.4) is 0 Å². The fraction of sp³-hybridized carbons (Fsp3) is 0.538. The number of aromatic nitrogens is 1. The number of pyridine rings is 1. The van der Waals surface area contributed by atoms with E-state index >= 15 is 0 Å². The molecule has 2 aliphatic rings. The molecule has 1 unspecified atom stereocenters. The minimum absolute atomic E-state index is 0.165. The Morgan fingerprint density at radius 2 is 2.22 bits per heavy atom. The maximum absolute atomic E-state index is 8.12. The van der Waals surface area contributed by atoms with Gasteiger partial charge in [-0.3, -0.25) is 4.98 Å². The molecule has 0 radical (unpaired) electrons. The lowest BCUT2D eigenvalue weighted by Gasteiger charge is -2.33. The second-order valence-electron chi connectivity index (χ2n) is 4.51. The van der Waals surface area contributed by atoms with Crippen molar-refractivity contribution in [3.05, 3.63) is 29.1 Å². The van der Waals surface area contributed by atoms with Crippen LogP contribution in [0.1, 0.15) is 29.7 Å². The molecule has 1 aromatic heterocycles. The molecule has 5 nitrogen and oxygen atoms in total. The maximum atomic E-state index is 8.12. The largest absolute Gasteiger partial charge is 0.378 e. The Morgan fingerprint density at radius 3 is 2.89 bits per heavy atom. The predicted octanol–water partition coefficient (Wildman–Crippen LogP) is 1.34. The lowest BCUT2D eigenvalue weighted by molar-refractivity contribution is -0.191. The van der Waals surface area contributed by atoms with Crippen LogP contribution >= 0.6 is 0 Å². The molecule has 3 rings (SSSR count). The van der Waals surface area contributed by atoms with Gasteiger partial charge in [-0.2, -0.15) is 9.59 Å². The molecule has 0 bridgehead atoms. The summed E-state index contributed by atoms with van der Waals surface area (Å²) in [7, 11) is 0. The van der Waals surface area contributed by atoms with Crippen LogP contribution in [0.25, 0.3) is 0 Å². The molecule has 96 valence electrons. The Bertz CT molecular complexity index is 455. The van der Waals surface area contributed by atoms with Gasteiger partial charge in [-0.1, -0.05) is 0 Å². The van der Waals surface area contributed by atoms with Crippen LogP contribution in [0.5, 0.6) is 0 Å². The molecular weight excluding hydrogens is 234 g/mol. The van der Waals surface area contributed by atoms with Crippen molar-refractivity contribution in [1.82, 2.24) is 4.98 Å². The fourth-order valence-corrected chi connectivity index (χ4v) is 2.52. The van der Waals surface area contributed by atoms with E-state index in [-0.39, 0.29) is 11.8 Å². The van der Waals surface area contributed by atoms with Gasteiger partial charge in [0, 0.05) is 24.1 Å². The average molecular weight is 249 g/mol. The Balaban J connectivity index is 0.000000367. The standard InChI is InChI=1S/C12H15NO2.CO2/c1-9-5-11-10(6-13-9)7-15-12(11)3-2-4-14-8-12;2-1-3/h5-6H,2-4,7-8H2,1H3;. The third-order valence-corrected chi connectivity index (χ3v) is 3.32. The second kappa shape index (κ2) is 5.40. The summed E-state index contributed by atoms with van der Waals surface area (Å²) < 4.78 is 11.5. The molecule has 18 heavy (non-hydrogen) atoms. The van der Waals surface area contributed by atoms with Crippen molar-refractivity contribution in [2.75, 3.05) is 13.2 Å². The smallest absolute Gasteiger partial charge is 0.373 e. The Morgan fingerprint density at radius 1 is 1.44 bits per heavy atom. The van der Waals surface area contributed by atoms with E-state index in [4.69, 9.17) is 19.1 Å². The van der Waals surface area contributed by atoms with E-state index in [0.29, 0.717) is 13.2 Å². The zero-order chi connectivity index (χ0) is 13.0. The fourth-order valence-electron chi connectivity index (χ4n) is 2.52. The van der Waals surface area contributed by atoms with Crippen LogP contribution in [0.2, 0.25) is 0 Å². The van der Waals surface area contributed by atoms with Crippen molar-refractivity contribution in [3.63, 3.8) is 0 Å².